The van der Waals surface area contributed by atoms with Crippen LogP contribution in [0.5, 0.6) is 0 Å². The quantitative estimate of drug-likeness (QED) is 0.786. The molecule has 0 unspecified atom stereocenters. The van der Waals surface area contributed by atoms with Crippen LogP contribution < -0.4 is 4.72 Å². The molecule has 0 heterocycles. The van der Waals surface area contributed by atoms with Crippen molar-refractivity contribution >= 4 is 15.9 Å². The number of nitrogens with zero attached hydrogens (tertiary/aromatic N) is 1. The van der Waals surface area contributed by atoms with Crippen LogP contribution in [0, 0.1) is 18.8 Å². The topological polar surface area (TPSA) is 69.6 Å². The summed E-state index contributed by atoms with van der Waals surface area (Å²) in [6, 6.07) is 5.36. The number of aliphatic hydroxyl groups is 1. The van der Waals surface area contributed by atoms with Crippen molar-refractivity contribution < 1.29 is 13.5 Å². The van der Waals surface area contributed by atoms with Crippen LogP contribution in [0.1, 0.15) is 31.4 Å². The van der Waals surface area contributed by atoms with Crippen molar-refractivity contribution in [2.24, 2.45) is 0 Å². The molecule has 0 radical (unpaired) electrons. The molecule has 0 fully saturated rings. The van der Waals surface area contributed by atoms with E-state index in [1.807, 2.05) is 19.1 Å². The Labute approximate surface area is 127 Å². The summed E-state index contributed by atoms with van der Waals surface area (Å²) in [5, 5.41) is 8.71. The molecule has 0 aliphatic carbocycles. The zero-order valence-corrected chi connectivity index (χ0v) is 13.5. The highest BCUT2D eigenvalue weighted by molar-refractivity contribution is 7.90. The van der Waals surface area contributed by atoms with Crippen molar-refractivity contribution in [2.75, 3.05) is 24.4 Å². The van der Waals surface area contributed by atoms with Gasteiger partial charge in [0.1, 0.15) is 0 Å². The maximum atomic E-state index is 12.2. The average Bonchev–Trinajstić information content (AvgIpc) is 2.43. The predicted octanol–water partition coefficient (Wildman–Crippen LogP) is 1.73. The van der Waals surface area contributed by atoms with Gasteiger partial charge < -0.3 is 5.11 Å². The minimum Gasteiger partial charge on any atom is -0.395 e. The molecule has 0 amide bonds. The molecule has 116 valence electrons. The first-order valence-corrected chi connectivity index (χ1v) is 8.36. The highest BCUT2D eigenvalue weighted by atomic mass is 32.2. The van der Waals surface area contributed by atoms with Crippen LogP contribution in [-0.4, -0.2) is 37.5 Å². The van der Waals surface area contributed by atoms with Crippen LogP contribution >= 0.6 is 0 Å². The summed E-state index contributed by atoms with van der Waals surface area (Å²) < 4.78 is 28.4. The standard InChI is InChI=1S/C15H22N2O3S/c1-4-17(5-2)21(19,20)16-15-12-14(8-6-7-11-18)10-9-13(15)3/h9-10,12,16,18H,4-5,7,11H2,1-3H3. The lowest BCUT2D eigenvalue weighted by Gasteiger charge is -2.20. The zero-order chi connectivity index (χ0) is 15.9. The molecular weight excluding hydrogens is 288 g/mol. The van der Waals surface area contributed by atoms with Crippen molar-refractivity contribution in [3.8, 4) is 11.8 Å². The Morgan fingerprint density at radius 2 is 1.95 bits per heavy atom. The Bertz CT molecular complexity index is 626. The van der Waals surface area contributed by atoms with Gasteiger partial charge in [0.05, 0.1) is 12.3 Å². The van der Waals surface area contributed by atoms with Gasteiger partial charge in [-0.15, -0.1) is 0 Å². The maximum absolute atomic E-state index is 12.2. The summed E-state index contributed by atoms with van der Waals surface area (Å²) in [6.45, 7) is 6.28. The lowest BCUT2D eigenvalue weighted by atomic mass is 10.1. The largest absolute Gasteiger partial charge is 0.395 e. The average molecular weight is 310 g/mol. The molecule has 0 aromatic heterocycles. The van der Waals surface area contributed by atoms with Gasteiger partial charge in [-0.3, -0.25) is 4.72 Å². The Hall–Kier alpha value is -1.55. The van der Waals surface area contributed by atoms with Crippen LogP contribution in [0.3, 0.4) is 0 Å². The van der Waals surface area contributed by atoms with E-state index in [0.717, 1.165) is 5.56 Å². The number of benzene rings is 1. The summed E-state index contributed by atoms with van der Waals surface area (Å²) >= 11 is 0. The number of hydrogen-bond donors (Lipinski definition) is 2. The second-order valence-electron chi connectivity index (χ2n) is 4.50. The van der Waals surface area contributed by atoms with E-state index in [2.05, 4.69) is 16.6 Å². The van der Waals surface area contributed by atoms with E-state index in [4.69, 9.17) is 5.11 Å². The van der Waals surface area contributed by atoms with E-state index in [0.29, 0.717) is 30.8 Å². The van der Waals surface area contributed by atoms with Gasteiger partial charge in [0.2, 0.25) is 0 Å². The number of hydrogen-bond acceptors (Lipinski definition) is 3. The van der Waals surface area contributed by atoms with Gasteiger partial charge in [0, 0.05) is 25.1 Å². The van der Waals surface area contributed by atoms with Gasteiger partial charge in [-0.1, -0.05) is 31.8 Å². The van der Waals surface area contributed by atoms with E-state index in [1.165, 1.54) is 4.31 Å². The first-order valence-electron chi connectivity index (χ1n) is 6.92. The van der Waals surface area contributed by atoms with E-state index in [-0.39, 0.29) is 6.61 Å². The summed E-state index contributed by atoms with van der Waals surface area (Å²) in [7, 11) is -3.54. The van der Waals surface area contributed by atoms with Gasteiger partial charge in [-0.25, -0.2) is 0 Å². The summed E-state index contributed by atoms with van der Waals surface area (Å²) in [6.07, 6.45) is 0.397. The Morgan fingerprint density at radius 3 is 2.52 bits per heavy atom. The molecule has 2 N–H and O–H groups in total. The van der Waals surface area contributed by atoms with E-state index in [9.17, 15) is 8.42 Å². The minimum atomic E-state index is -3.54. The Morgan fingerprint density at radius 1 is 1.29 bits per heavy atom. The lowest BCUT2D eigenvalue weighted by molar-refractivity contribution is 0.305. The predicted molar refractivity (Wildman–Crippen MR) is 85.2 cm³/mol. The molecule has 1 aromatic carbocycles. The van der Waals surface area contributed by atoms with Crippen LogP contribution in [-0.2, 0) is 10.2 Å². The smallest absolute Gasteiger partial charge is 0.301 e. The third-order valence-corrected chi connectivity index (χ3v) is 4.67. The molecule has 0 saturated carbocycles. The van der Waals surface area contributed by atoms with Crippen molar-refractivity contribution in [2.45, 2.75) is 27.2 Å². The second kappa shape index (κ2) is 8.03. The number of anilines is 1. The molecule has 21 heavy (non-hydrogen) atoms. The van der Waals surface area contributed by atoms with Crippen molar-refractivity contribution in [3.63, 3.8) is 0 Å². The molecule has 0 aliphatic heterocycles. The monoisotopic (exact) mass is 310 g/mol. The van der Waals surface area contributed by atoms with Crippen LogP contribution in [0.2, 0.25) is 0 Å². The molecule has 0 bridgehead atoms. The second-order valence-corrected chi connectivity index (χ2v) is 6.17. The van der Waals surface area contributed by atoms with Crippen LogP contribution in [0.4, 0.5) is 5.69 Å². The molecule has 0 spiro atoms. The van der Waals surface area contributed by atoms with Crippen LogP contribution in [0.15, 0.2) is 18.2 Å². The summed E-state index contributed by atoms with van der Waals surface area (Å²) in [4.78, 5) is 0. The SMILES string of the molecule is CCN(CC)S(=O)(=O)Nc1cc(C#CCCO)ccc1C. The van der Waals surface area contributed by atoms with Gasteiger partial charge in [-0.2, -0.15) is 12.7 Å². The fourth-order valence-electron chi connectivity index (χ4n) is 1.80. The normalized spacial score (nSPS) is 11.1. The molecule has 6 heteroatoms. The van der Waals surface area contributed by atoms with Gasteiger partial charge >= 0.3 is 10.2 Å². The molecule has 1 aromatic rings. The van der Waals surface area contributed by atoms with E-state index < -0.39 is 10.2 Å². The van der Waals surface area contributed by atoms with Crippen molar-refractivity contribution in [3.05, 3.63) is 29.3 Å². The lowest BCUT2D eigenvalue weighted by Crippen LogP contribution is -2.35. The molecule has 0 saturated heterocycles. The van der Waals surface area contributed by atoms with E-state index in [1.54, 1.807) is 19.9 Å². The molecular formula is C15H22N2O3S. The number of nitrogens with one attached hydrogen (secondary N) is 1. The summed E-state index contributed by atoms with van der Waals surface area (Å²) in [5.74, 6) is 5.72. The molecule has 0 aliphatic rings. The summed E-state index contributed by atoms with van der Waals surface area (Å²) in [5.41, 5.74) is 2.07. The highest BCUT2D eigenvalue weighted by Crippen LogP contribution is 2.19. The molecule has 1 rings (SSSR count). The third kappa shape index (κ3) is 5.05. The third-order valence-electron chi connectivity index (χ3n) is 2.99. The number of rotatable bonds is 6. The zero-order valence-electron chi connectivity index (χ0n) is 12.7. The Kier molecular flexibility index (Phi) is 6.69. The molecule has 5 nitrogen and oxygen atoms in total. The fourth-order valence-corrected chi connectivity index (χ4v) is 3.10. The van der Waals surface area contributed by atoms with E-state index >= 15 is 0 Å². The van der Waals surface area contributed by atoms with Crippen LogP contribution in [0.25, 0.3) is 0 Å². The number of aliphatic hydroxyl groups excluding tert-OH is 1. The number of aryl methyl sites for hydroxylation is 1. The van der Waals surface area contributed by atoms with Crippen molar-refractivity contribution in [1.29, 1.82) is 0 Å². The first kappa shape index (κ1) is 17.5. The minimum absolute atomic E-state index is 0.0142. The Balaban J connectivity index is 3.03. The van der Waals surface area contributed by atoms with Gasteiger partial charge in [0.15, 0.2) is 0 Å². The highest BCUT2D eigenvalue weighted by Gasteiger charge is 2.19. The van der Waals surface area contributed by atoms with Gasteiger partial charge in [-0.05, 0) is 24.6 Å². The molecule has 0 atom stereocenters. The van der Waals surface area contributed by atoms with Gasteiger partial charge in [0.25, 0.3) is 0 Å². The maximum Gasteiger partial charge on any atom is 0.301 e. The fraction of sp³-hybridized carbons (Fsp3) is 0.467. The van der Waals surface area contributed by atoms with Crippen molar-refractivity contribution in [1.82, 2.24) is 4.31 Å². The first-order chi connectivity index (χ1) is 9.94.